The Labute approximate surface area is 148 Å². The summed E-state index contributed by atoms with van der Waals surface area (Å²) in [5, 5.41) is 4.03. The van der Waals surface area contributed by atoms with E-state index in [0.29, 0.717) is 25.4 Å². The molecule has 0 saturated heterocycles. The third-order valence-corrected chi connectivity index (χ3v) is 3.47. The van der Waals surface area contributed by atoms with Crippen molar-refractivity contribution in [3.63, 3.8) is 0 Å². The lowest BCUT2D eigenvalue weighted by Gasteiger charge is -2.10. The minimum absolute atomic E-state index is 0.163. The van der Waals surface area contributed by atoms with Crippen molar-refractivity contribution < 1.29 is 14.3 Å². The molecular formula is C20H24N2O3. The van der Waals surface area contributed by atoms with E-state index < -0.39 is 0 Å². The fourth-order valence-electron chi connectivity index (χ4n) is 2.26. The van der Waals surface area contributed by atoms with E-state index in [4.69, 9.17) is 9.47 Å². The first-order chi connectivity index (χ1) is 12.1. The Kier molecular flexibility index (Phi) is 7.01. The van der Waals surface area contributed by atoms with Gasteiger partial charge in [0, 0.05) is 11.6 Å². The molecule has 0 heterocycles. The van der Waals surface area contributed by atoms with Crippen LogP contribution in [-0.4, -0.2) is 25.3 Å². The second kappa shape index (κ2) is 9.47. The van der Waals surface area contributed by atoms with Crippen molar-refractivity contribution in [1.82, 2.24) is 5.43 Å². The molecule has 132 valence electrons. The first kappa shape index (κ1) is 18.5. The number of aryl methyl sites for hydroxylation is 1. The van der Waals surface area contributed by atoms with Crippen molar-refractivity contribution in [3.05, 3.63) is 59.2 Å². The van der Waals surface area contributed by atoms with E-state index in [2.05, 4.69) is 10.5 Å². The fraction of sp³-hybridized carbons (Fsp3) is 0.300. The van der Waals surface area contributed by atoms with Crippen molar-refractivity contribution >= 4 is 12.1 Å². The minimum Gasteiger partial charge on any atom is -0.494 e. The molecule has 0 unspecified atom stereocenters. The van der Waals surface area contributed by atoms with Gasteiger partial charge in [0.1, 0.15) is 11.5 Å². The Bertz CT molecular complexity index is 724. The van der Waals surface area contributed by atoms with Gasteiger partial charge in [-0.25, -0.2) is 5.43 Å². The standard InChI is InChI=1S/C20H24N2O3/c1-4-24-18-11-10-17(19(13-18)25-5-2)14-21-22-20(23)12-16-8-6-15(3)7-9-16/h6-11,13-14H,4-5,12H2,1-3H3,(H,22,23)/b21-14-. The fourth-order valence-corrected chi connectivity index (χ4v) is 2.26. The molecule has 0 atom stereocenters. The molecule has 0 aliphatic rings. The molecule has 0 aromatic heterocycles. The number of carbonyl (C=O) groups is 1. The van der Waals surface area contributed by atoms with Crippen LogP contribution in [0.25, 0.3) is 0 Å². The van der Waals surface area contributed by atoms with Gasteiger partial charge in [0.2, 0.25) is 5.91 Å². The molecule has 0 radical (unpaired) electrons. The van der Waals surface area contributed by atoms with Gasteiger partial charge in [0.05, 0.1) is 25.8 Å². The number of rotatable bonds is 8. The van der Waals surface area contributed by atoms with Crippen LogP contribution in [0.5, 0.6) is 11.5 Å². The van der Waals surface area contributed by atoms with Crippen LogP contribution in [-0.2, 0) is 11.2 Å². The molecular weight excluding hydrogens is 316 g/mol. The Hall–Kier alpha value is -2.82. The number of carbonyl (C=O) groups excluding carboxylic acids is 1. The third kappa shape index (κ3) is 5.95. The highest BCUT2D eigenvalue weighted by atomic mass is 16.5. The molecule has 0 bridgehead atoms. The summed E-state index contributed by atoms with van der Waals surface area (Å²) in [5.41, 5.74) is 5.45. The van der Waals surface area contributed by atoms with E-state index in [1.807, 2.05) is 63.2 Å². The molecule has 1 amide bonds. The summed E-state index contributed by atoms with van der Waals surface area (Å²) in [6.45, 7) is 6.99. The first-order valence-corrected chi connectivity index (χ1v) is 8.39. The van der Waals surface area contributed by atoms with Gasteiger partial charge >= 0.3 is 0 Å². The molecule has 2 aromatic rings. The average molecular weight is 340 g/mol. The van der Waals surface area contributed by atoms with Crippen LogP contribution in [0.1, 0.15) is 30.5 Å². The van der Waals surface area contributed by atoms with E-state index >= 15 is 0 Å². The van der Waals surface area contributed by atoms with Crippen molar-refractivity contribution in [2.45, 2.75) is 27.2 Å². The Morgan fingerprint density at radius 1 is 1.08 bits per heavy atom. The second-order valence-corrected chi connectivity index (χ2v) is 5.52. The number of hydrazone groups is 1. The Morgan fingerprint density at radius 2 is 1.80 bits per heavy atom. The van der Waals surface area contributed by atoms with Gasteiger partial charge in [-0.15, -0.1) is 0 Å². The zero-order chi connectivity index (χ0) is 18.1. The van der Waals surface area contributed by atoms with Gasteiger partial charge in [-0.05, 0) is 38.5 Å². The van der Waals surface area contributed by atoms with Gasteiger partial charge < -0.3 is 9.47 Å². The van der Waals surface area contributed by atoms with Crippen molar-refractivity contribution in [2.75, 3.05) is 13.2 Å². The number of nitrogens with zero attached hydrogens (tertiary/aromatic N) is 1. The lowest BCUT2D eigenvalue weighted by atomic mass is 10.1. The van der Waals surface area contributed by atoms with E-state index in [1.165, 1.54) is 5.56 Å². The molecule has 0 saturated carbocycles. The number of hydrogen-bond acceptors (Lipinski definition) is 4. The van der Waals surface area contributed by atoms with E-state index in [1.54, 1.807) is 6.21 Å². The van der Waals surface area contributed by atoms with Crippen LogP contribution in [0.4, 0.5) is 0 Å². The Balaban J connectivity index is 1.98. The average Bonchev–Trinajstić information content (AvgIpc) is 2.59. The molecule has 5 nitrogen and oxygen atoms in total. The maximum absolute atomic E-state index is 12.0. The molecule has 0 aliphatic heterocycles. The normalized spacial score (nSPS) is 10.7. The summed E-state index contributed by atoms with van der Waals surface area (Å²) in [6, 6.07) is 13.4. The molecule has 0 aliphatic carbocycles. The summed E-state index contributed by atoms with van der Waals surface area (Å²) >= 11 is 0. The molecule has 1 N–H and O–H groups in total. The second-order valence-electron chi connectivity index (χ2n) is 5.52. The Morgan fingerprint density at radius 3 is 2.48 bits per heavy atom. The smallest absolute Gasteiger partial charge is 0.244 e. The minimum atomic E-state index is -0.163. The van der Waals surface area contributed by atoms with E-state index in [9.17, 15) is 4.79 Å². The topological polar surface area (TPSA) is 59.9 Å². The number of benzene rings is 2. The highest BCUT2D eigenvalue weighted by molar-refractivity contribution is 5.86. The summed E-state index contributed by atoms with van der Waals surface area (Å²) in [4.78, 5) is 12.0. The summed E-state index contributed by atoms with van der Waals surface area (Å²) in [6.07, 6.45) is 1.87. The highest BCUT2D eigenvalue weighted by Crippen LogP contribution is 2.23. The molecule has 0 fully saturated rings. The molecule has 0 spiro atoms. The number of nitrogens with one attached hydrogen (secondary N) is 1. The largest absolute Gasteiger partial charge is 0.494 e. The van der Waals surface area contributed by atoms with Crippen LogP contribution in [0.15, 0.2) is 47.6 Å². The molecule has 2 aromatic carbocycles. The van der Waals surface area contributed by atoms with Crippen LogP contribution >= 0.6 is 0 Å². The molecule has 5 heteroatoms. The number of hydrogen-bond donors (Lipinski definition) is 1. The SMILES string of the molecule is CCOc1ccc(/C=N\NC(=O)Cc2ccc(C)cc2)c(OCC)c1. The predicted molar refractivity (Wildman–Crippen MR) is 99.4 cm³/mol. The monoisotopic (exact) mass is 340 g/mol. The summed E-state index contributed by atoms with van der Waals surface area (Å²) in [7, 11) is 0. The van der Waals surface area contributed by atoms with Gasteiger partial charge in [-0.1, -0.05) is 29.8 Å². The lowest BCUT2D eigenvalue weighted by Crippen LogP contribution is -2.19. The van der Waals surface area contributed by atoms with Crippen molar-refractivity contribution in [1.29, 1.82) is 0 Å². The van der Waals surface area contributed by atoms with E-state index in [-0.39, 0.29) is 5.91 Å². The van der Waals surface area contributed by atoms with Gasteiger partial charge in [-0.2, -0.15) is 5.10 Å². The van der Waals surface area contributed by atoms with Gasteiger partial charge in [0.25, 0.3) is 0 Å². The quantitative estimate of drug-likeness (QED) is 0.591. The molecule has 25 heavy (non-hydrogen) atoms. The highest BCUT2D eigenvalue weighted by Gasteiger charge is 2.05. The van der Waals surface area contributed by atoms with Gasteiger partial charge in [0.15, 0.2) is 0 Å². The molecule has 2 rings (SSSR count). The van der Waals surface area contributed by atoms with Crippen molar-refractivity contribution in [3.8, 4) is 11.5 Å². The third-order valence-electron chi connectivity index (χ3n) is 3.47. The zero-order valence-electron chi connectivity index (χ0n) is 14.9. The zero-order valence-corrected chi connectivity index (χ0v) is 14.9. The van der Waals surface area contributed by atoms with Crippen LogP contribution < -0.4 is 14.9 Å². The van der Waals surface area contributed by atoms with Crippen LogP contribution in [0.3, 0.4) is 0 Å². The number of amides is 1. The summed E-state index contributed by atoms with van der Waals surface area (Å²) in [5.74, 6) is 1.25. The summed E-state index contributed by atoms with van der Waals surface area (Å²) < 4.78 is 11.1. The predicted octanol–water partition coefficient (Wildman–Crippen LogP) is 3.49. The van der Waals surface area contributed by atoms with E-state index in [0.717, 1.165) is 16.9 Å². The maximum atomic E-state index is 12.0. The van der Waals surface area contributed by atoms with Crippen LogP contribution in [0, 0.1) is 6.92 Å². The first-order valence-electron chi connectivity index (χ1n) is 8.39. The lowest BCUT2D eigenvalue weighted by molar-refractivity contribution is -0.120. The number of ether oxygens (including phenoxy) is 2. The van der Waals surface area contributed by atoms with Crippen LogP contribution in [0.2, 0.25) is 0 Å². The maximum Gasteiger partial charge on any atom is 0.244 e. The van der Waals surface area contributed by atoms with Gasteiger partial charge in [-0.3, -0.25) is 4.79 Å². The van der Waals surface area contributed by atoms with Crippen molar-refractivity contribution in [2.24, 2.45) is 5.10 Å².